The van der Waals surface area contributed by atoms with Crippen LogP contribution in [-0.4, -0.2) is 5.78 Å². The van der Waals surface area contributed by atoms with Crippen LogP contribution in [0.1, 0.15) is 59.8 Å². The van der Waals surface area contributed by atoms with Crippen molar-refractivity contribution in [2.24, 2.45) is 11.8 Å². The predicted octanol–water partition coefficient (Wildman–Crippen LogP) is 3.82. The van der Waals surface area contributed by atoms with Crippen LogP contribution in [0.25, 0.3) is 0 Å². The highest BCUT2D eigenvalue weighted by atomic mass is 16.1. The molecule has 0 saturated heterocycles. The lowest BCUT2D eigenvalue weighted by Crippen LogP contribution is -2.19. The Morgan fingerprint density at radius 2 is 1.77 bits per heavy atom. The van der Waals surface area contributed by atoms with Gasteiger partial charge in [-0.3, -0.25) is 4.79 Å². The van der Waals surface area contributed by atoms with Gasteiger partial charge in [0, 0.05) is 5.92 Å². The van der Waals surface area contributed by atoms with Crippen LogP contribution in [0.2, 0.25) is 0 Å². The van der Waals surface area contributed by atoms with E-state index in [9.17, 15) is 4.79 Å². The van der Waals surface area contributed by atoms with Crippen molar-refractivity contribution in [1.29, 1.82) is 0 Å². The van der Waals surface area contributed by atoms with E-state index in [1.807, 2.05) is 0 Å². The number of hydrogen-bond donors (Lipinski definition) is 0. The van der Waals surface area contributed by atoms with Crippen LogP contribution in [0.15, 0.2) is 0 Å². The molecule has 0 radical (unpaired) electrons. The average molecular weight is 184 g/mol. The molecule has 1 heteroatoms. The van der Waals surface area contributed by atoms with Crippen LogP contribution in [0.3, 0.4) is 0 Å². The van der Waals surface area contributed by atoms with E-state index in [0.717, 1.165) is 6.42 Å². The highest BCUT2D eigenvalue weighted by molar-refractivity contribution is 5.78. The lowest BCUT2D eigenvalue weighted by atomic mass is 9.84. The van der Waals surface area contributed by atoms with E-state index in [1.54, 1.807) is 6.92 Å². The number of unbranched alkanes of at least 4 members (excludes halogenated alkanes) is 1. The number of hydrogen-bond acceptors (Lipinski definition) is 1. The molecule has 78 valence electrons. The molecule has 0 aromatic heterocycles. The summed E-state index contributed by atoms with van der Waals surface area (Å²) in [7, 11) is 0. The Morgan fingerprint density at radius 3 is 2.15 bits per heavy atom. The molecule has 0 saturated carbocycles. The molecule has 0 aliphatic heterocycles. The maximum absolute atomic E-state index is 11.4. The summed E-state index contributed by atoms with van der Waals surface area (Å²) in [5.74, 6) is 1.28. The SMILES string of the molecule is CCCCC(C(C)=O)[C@@H](C)CCC. The topological polar surface area (TPSA) is 17.1 Å². The highest BCUT2D eigenvalue weighted by Gasteiger charge is 2.19. The summed E-state index contributed by atoms with van der Waals surface area (Å²) in [6.07, 6.45) is 5.86. The van der Waals surface area contributed by atoms with Crippen molar-refractivity contribution in [1.82, 2.24) is 0 Å². The molecule has 0 aliphatic rings. The largest absolute Gasteiger partial charge is 0.300 e. The van der Waals surface area contributed by atoms with E-state index in [4.69, 9.17) is 0 Å². The summed E-state index contributed by atoms with van der Waals surface area (Å²) in [6, 6.07) is 0. The molecular weight excluding hydrogens is 160 g/mol. The van der Waals surface area contributed by atoms with Gasteiger partial charge >= 0.3 is 0 Å². The maximum atomic E-state index is 11.4. The van der Waals surface area contributed by atoms with Crippen molar-refractivity contribution < 1.29 is 4.79 Å². The Bertz CT molecular complexity index is 140. The molecule has 0 aromatic carbocycles. The van der Waals surface area contributed by atoms with E-state index in [0.29, 0.717) is 17.6 Å². The second-order valence-corrected chi connectivity index (χ2v) is 4.13. The molecule has 0 heterocycles. The summed E-state index contributed by atoms with van der Waals surface area (Å²) < 4.78 is 0. The molecule has 1 unspecified atom stereocenters. The van der Waals surface area contributed by atoms with Gasteiger partial charge in [0.1, 0.15) is 5.78 Å². The fourth-order valence-electron chi connectivity index (χ4n) is 1.97. The molecule has 0 aliphatic carbocycles. The Balaban J connectivity index is 3.99. The van der Waals surface area contributed by atoms with E-state index in [-0.39, 0.29) is 0 Å². The van der Waals surface area contributed by atoms with Crippen molar-refractivity contribution in [3.63, 3.8) is 0 Å². The zero-order valence-electron chi connectivity index (χ0n) is 9.60. The van der Waals surface area contributed by atoms with Gasteiger partial charge in [-0.2, -0.15) is 0 Å². The van der Waals surface area contributed by atoms with Crippen LogP contribution in [0, 0.1) is 11.8 Å². The van der Waals surface area contributed by atoms with Gasteiger partial charge in [0.25, 0.3) is 0 Å². The Hall–Kier alpha value is -0.330. The smallest absolute Gasteiger partial charge is 0.133 e. The highest BCUT2D eigenvalue weighted by Crippen LogP contribution is 2.23. The minimum absolute atomic E-state index is 0.319. The lowest BCUT2D eigenvalue weighted by Gasteiger charge is -2.20. The monoisotopic (exact) mass is 184 g/mol. The Labute approximate surface area is 82.9 Å². The van der Waals surface area contributed by atoms with Gasteiger partial charge in [-0.1, -0.05) is 46.5 Å². The molecule has 2 atom stereocenters. The second kappa shape index (κ2) is 7.11. The third-order valence-electron chi connectivity index (χ3n) is 2.82. The third-order valence-corrected chi connectivity index (χ3v) is 2.82. The van der Waals surface area contributed by atoms with E-state index >= 15 is 0 Å². The maximum Gasteiger partial charge on any atom is 0.133 e. The predicted molar refractivity (Wildman–Crippen MR) is 57.8 cm³/mol. The normalized spacial score (nSPS) is 15.4. The van der Waals surface area contributed by atoms with Gasteiger partial charge in [0.05, 0.1) is 0 Å². The Kier molecular flexibility index (Phi) is 6.93. The molecule has 1 nitrogen and oxygen atoms in total. The molecule has 0 N–H and O–H groups in total. The van der Waals surface area contributed by atoms with E-state index < -0.39 is 0 Å². The van der Waals surface area contributed by atoms with Crippen molar-refractivity contribution in [2.75, 3.05) is 0 Å². The van der Waals surface area contributed by atoms with Crippen LogP contribution in [-0.2, 0) is 4.79 Å². The molecule has 0 spiro atoms. The first kappa shape index (κ1) is 12.7. The molecule has 13 heavy (non-hydrogen) atoms. The van der Waals surface area contributed by atoms with Crippen molar-refractivity contribution in [3.8, 4) is 0 Å². The quantitative estimate of drug-likeness (QED) is 0.588. The molecular formula is C12H24O. The first-order valence-electron chi connectivity index (χ1n) is 5.63. The summed E-state index contributed by atoms with van der Waals surface area (Å²) in [6.45, 7) is 8.33. The van der Waals surface area contributed by atoms with Crippen molar-refractivity contribution in [3.05, 3.63) is 0 Å². The van der Waals surface area contributed by atoms with Crippen molar-refractivity contribution in [2.45, 2.75) is 59.8 Å². The molecule has 0 bridgehead atoms. The first-order chi connectivity index (χ1) is 6.13. The number of rotatable bonds is 7. The minimum atomic E-state index is 0.319. The summed E-state index contributed by atoms with van der Waals surface area (Å²) in [5.41, 5.74) is 0. The van der Waals surface area contributed by atoms with E-state index in [2.05, 4.69) is 20.8 Å². The van der Waals surface area contributed by atoms with Crippen molar-refractivity contribution >= 4 is 5.78 Å². The summed E-state index contributed by atoms with van der Waals surface area (Å²) in [4.78, 5) is 11.4. The Morgan fingerprint density at radius 1 is 1.15 bits per heavy atom. The molecule has 0 fully saturated rings. The first-order valence-corrected chi connectivity index (χ1v) is 5.63. The molecule has 0 aromatic rings. The average Bonchev–Trinajstić information content (AvgIpc) is 2.05. The van der Waals surface area contributed by atoms with Crippen LogP contribution in [0.5, 0.6) is 0 Å². The minimum Gasteiger partial charge on any atom is -0.300 e. The van der Waals surface area contributed by atoms with Gasteiger partial charge in [0.15, 0.2) is 0 Å². The number of carbonyl (C=O) groups is 1. The van der Waals surface area contributed by atoms with Crippen LogP contribution < -0.4 is 0 Å². The van der Waals surface area contributed by atoms with Gasteiger partial charge in [-0.25, -0.2) is 0 Å². The van der Waals surface area contributed by atoms with Gasteiger partial charge in [-0.05, 0) is 19.3 Å². The number of ketones is 1. The zero-order chi connectivity index (χ0) is 10.3. The van der Waals surface area contributed by atoms with Gasteiger partial charge in [-0.15, -0.1) is 0 Å². The molecule has 0 rings (SSSR count). The second-order valence-electron chi connectivity index (χ2n) is 4.13. The fraction of sp³-hybridized carbons (Fsp3) is 0.917. The van der Waals surface area contributed by atoms with Gasteiger partial charge < -0.3 is 0 Å². The zero-order valence-corrected chi connectivity index (χ0v) is 9.60. The fourth-order valence-corrected chi connectivity index (χ4v) is 1.97. The summed E-state index contributed by atoms with van der Waals surface area (Å²) >= 11 is 0. The van der Waals surface area contributed by atoms with Crippen LogP contribution >= 0.6 is 0 Å². The van der Waals surface area contributed by atoms with Gasteiger partial charge in [0.2, 0.25) is 0 Å². The lowest BCUT2D eigenvalue weighted by molar-refractivity contribution is -0.122. The number of Topliss-reactive ketones (excluding diaryl/α,β-unsaturated/α-hetero) is 1. The van der Waals surface area contributed by atoms with Crippen LogP contribution in [0.4, 0.5) is 0 Å². The third kappa shape index (κ3) is 5.07. The number of carbonyl (C=O) groups excluding carboxylic acids is 1. The standard InChI is InChI=1S/C12H24O/c1-5-7-9-12(11(4)13)10(3)8-6-2/h10,12H,5-9H2,1-4H3/t10-,12?/m0/s1. The molecule has 0 amide bonds. The van der Waals surface area contributed by atoms with E-state index in [1.165, 1.54) is 25.7 Å². The summed E-state index contributed by atoms with van der Waals surface area (Å²) in [5, 5.41) is 0.